The summed E-state index contributed by atoms with van der Waals surface area (Å²) < 4.78 is 0. The zero-order valence-electron chi connectivity index (χ0n) is 9.53. The first kappa shape index (κ1) is 10.6. The molecule has 0 aromatic heterocycles. The fourth-order valence-corrected chi connectivity index (χ4v) is 1.77. The molecule has 0 spiro atoms. The van der Waals surface area contributed by atoms with E-state index in [1.807, 2.05) is 24.3 Å². The minimum atomic E-state index is 0.741. The van der Waals surface area contributed by atoms with Crippen LogP contribution in [0.4, 0.5) is 0 Å². The van der Waals surface area contributed by atoms with E-state index < -0.39 is 0 Å². The third kappa shape index (κ3) is 1.89. The SMILES string of the molecule is Cc1ccc(-c2ccccc2C=O)cc1C. The van der Waals surface area contributed by atoms with Crippen molar-refractivity contribution in [2.24, 2.45) is 0 Å². The van der Waals surface area contributed by atoms with Crippen LogP contribution in [-0.2, 0) is 0 Å². The van der Waals surface area contributed by atoms with Crippen LogP contribution in [0.3, 0.4) is 0 Å². The van der Waals surface area contributed by atoms with Crippen LogP contribution in [0.2, 0.25) is 0 Å². The second kappa shape index (κ2) is 4.31. The maximum Gasteiger partial charge on any atom is 0.150 e. The third-order valence-corrected chi connectivity index (χ3v) is 2.91. The van der Waals surface area contributed by atoms with Crippen LogP contribution in [0.1, 0.15) is 21.5 Å². The van der Waals surface area contributed by atoms with Crippen molar-refractivity contribution in [3.05, 3.63) is 59.2 Å². The van der Waals surface area contributed by atoms with Crippen molar-refractivity contribution in [2.45, 2.75) is 13.8 Å². The molecule has 80 valence electrons. The van der Waals surface area contributed by atoms with Crippen molar-refractivity contribution in [3.63, 3.8) is 0 Å². The predicted octanol–water partition coefficient (Wildman–Crippen LogP) is 3.78. The summed E-state index contributed by atoms with van der Waals surface area (Å²) in [6, 6.07) is 13.9. The first-order chi connectivity index (χ1) is 7.72. The van der Waals surface area contributed by atoms with E-state index in [9.17, 15) is 4.79 Å². The van der Waals surface area contributed by atoms with Crippen LogP contribution >= 0.6 is 0 Å². The minimum Gasteiger partial charge on any atom is -0.298 e. The van der Waals surface area contributed by atoms with Gasteiger partial charge in [-0.1, -0.05) is 42.5 Å². The second-order valence-electron chi connectivity index (χ2n) is 4.00. The van der Waals surface area contributed by atoms with E-state index in [2.05, 4.69) is 32.0 Å². The van der Waals surface area contributed by atoms with E-state index in [1.165, 1.54) is 11.1 Å². The topological polar surface area (TPSA) is 17.1 Å². The average Bonchev–Trinajstić information content (AvgIpc) is 2.32. The van der Waals surface area contributed by atoms with Crippen molar-refractivity contribution in [1.29, 1.82) is 0 Å². The molecule has 0 N–H and O–H groups in total. The maximum absolute atomic E-state index is 11.0. The van der Waals surface area contributed by atoms with Crippen LogP contribution in [0.5, 0.6) is 0 Å². The van der Waals surface area contributed by atoms with Gasteiger partial charge in [0.25, 0.3) is 0 Å². The molecule has 2 rings (SSSR count). The van der Waals surface area contributed by atoms with Crippen LogP contribution < -0.4 is 0 Å². The molecule has 0 atom stereocenters. The summed E-state index contributed by atoms with van der Waals surface area (Å²) in [7, 11) is 0. The smallest absolute Gasteiger partial charge is 0.150 e. The molecule has 0 aliphatic rings. The molecule has 0 bridgehead atoms. The minimum absolute atomic E-state index is 0.741. The molecule has 0 aliphatic carbocycles. The second-order valence-corrected chi connectivity index (χ2v) is 4.00. The van der Waals surface area contributed by atoms with Gasteiger partial charge in [0.05, 0.1) is 0 Å². The molecule has 0 radical (unpaired) electrons. The molecular weight excluding hydrogens is 196 g/mol. The largest absolute Gasteiger partial charge is 0.298 e. The Bertz CT molecular complexity index is 527. The molecule has 2 aromatic rings. The number of carbonyl (C=O) groups is 1. The number of aryl methyl sites for hydroxylation is 2. The highest BCUT2D eigenvalue weighted by Crippen LogP contribution is 2.24. The third-order valence-electron chi connectivity index (χ3n) is 2.91. The van der Waals surface area contributed by atoms with Gasteiger partial charge in [0.15, 0.2) is 6.29 Å². The van der Waals surface area contributed by atoms with Crippen LogP contribution in [0, 0.1) is 13.8 Å². The molecule has 0 amide bonds. The molecule has 1 heteroatoms. The van der Waals surface area contributed by atoms with Crippen molar-refractivity contribution in [2.75, 3.05) is 0 Å². The van der Waals surface area contributed by atoms with Crippen molar-refractivity contribution >= 4 is 6.29 Å². The quantitative estimate of drug-likeness (QED) is 0.689. The Balaban J connectivity index is 2.58. The molecule has 2 aromatic carbocycles. The first-order valence-corrected chi connectivity index (χ1v) is 5.34. The van der Waals surface area contributed by atoms with Crippen LogP contribution in [0.25, 0.3) is 11.1 Å². The van der Waals surface area contributed by atoms with E-state index >= 15 is 0 Å². The van der Waals surface area contributed by atoms with Gasteiger partial charge in [-0.3, -0.25) is 4.79 Å². The number of hydrogen-bond acceptors (Lipinski definition) is 1. The molecule has 0 heterocycles. The maximum atomic E-state index is 11.0. The summed E-state index contributed by atoms with van der Waals surface area (Å²) in [4.78, 5) is 11.0. The standard InChI is InChI=1S/C15H14O/c1-11-7-8-13(9-12(11)2)15-6-4-3-5-14(15)10-16/h3-10H,1-2H3. The lowest BCUT2D eigenvalue weighted by molar-refractivity contribution is 0.112. The van der Waals surface area contributed by atoms with Gasteiger partial charge >= 0.3 is 0 Å². The highest BCUT2D eigenvalue weighted by molar-refractivity contribution is 5.87. The summed E-state index contributed by atoms with van der Waals surface area (Å²) in [5.41, 5.74) is 5.36. The molecule has 0 saturated carbocycles. The van der Waals surface area contributed by atoms with Crippen molar-refractivity contribution < 1.29 is 4.79 Å². The lowest BCUT2D eigenvalue weighted by Gasteiger charge is -2.07. The van der Waals surface area contributed by atoms with E-state index in [4.69, 9.17) is 0 Å². The summed E-state index contributed by atoms with van der Waals surface area (Å²) >= 11 is 0. The van der Waals surface area contributed by atoms with Crippen LogP contribution in [-0.4, -0.2) is 6.29 Å². The Labute approximate surface area is 95.7 Å². The van der Waals surface area contributed by atoms with Gasteiger partial charge in [0.2, 0.25) is 0 Å². The zero-order valence-corrected chi connectivity index (χ0v) is 9.53. The van der Waals surface area contributed by atoms with Gasteiger partial charge in [-0.2, -0.15) is 0 Å². The Kier molecular flexibility index (Phi) is 2.86. The van der Waals surface area contributed by atoms with Crippen molar-refractivity contribution in [3.8, 4) is 11.1 Å². The summed E-state index contributed by atoms with van der Waals surface area (Å²) in [5.74, 6) is 0. The van der Waals surface area contributed by atoms with E-state index in [0.717, 1.165) is 23.0 Å². The summed E-state index contributed by atoms with van der Waals surface area (Å²) in [6.45, 7) is 4.17. The molecule has 0 aliphatic heterocycles. The monoisotopic (exact) mass is 210 g/mol. The van der Waals surface area contributed by atoms with Gasteiger partial charge in [-0.25, -0.2) is 0 Å². The molecule has 0 unspecified atom stereocenters. The highest BCUT2D eigenvalue weighted by Gasteiger charge is 2.04. The molecule has 1 nitrogen and oxygen atoms in total. The Morgan fingerprint density at radius 3 is 2.38 bits per heavy atom. The van der Waals surface area contributed by atoms with E-state index in [-0.39, 0.29) is 0 Å². The first-order valence-electron chi connectivity index (χ1n) is 5.34. The van der Waals surface area contributed by atoms with Crippen molar-refractivity contribution in [1.82, 2.24) is 0 Å². The summed E-state index contributed by atoms with van der Waals surface area (Å²) in [6.07, 6.45) is 0.907. The fourth-order valence-electron chi connectivity index (χ4n) is 1.77. The van der Waals surface area contributed by atoms with Gasteiger partial charge in [0, 0.05) is 5.56 Å². The molecule has 0 fully saturated rings. The molecule has 16 heavy (non-hydrogen) atoms. The van der Waals surface area contributed by atoms with Gasteiger partial charge in [0.1, 0.15) is 0 Å². The number of benzene rings is 2. The normalized spacial score (nSPS) is 10.1. The Morgan fingerprint density at radius 1 is 0.938 bits per heavy atom. The lowest BCUT2D eigenvalue weighted by atomic mass is 9.97. The zero-order chi connectivity index (χ0) is 11.5. The van der Waals surface area contributed by atoms with E-state index in [1.54, 1.807) is 0 Å². The average molecular weight is 210 g/mol. The molecular formula is C15H14O. The van der Waals surface area contributed by atoms with Crippen LogP contribution in [0.15, 0.2) is 42.5 Å². The number of carbonyl (C=O) groups excluding carboxylic acids is 1. The Hall–Kier alpha value is -1.89. The lowest BCUT2D eigenvalue weighted by Crippen LogP contribution is -1.88. The Morgan fingerprint density at radius 2 is 1.69 bits per heavy atom. The highest BCUT2D eigenvalue weighted by atomic mass is 16.1. The predicted molar refractivity (Wildman–Crippen MR) is 66.7 cm³/mol. The fraction of sp³-hybridized carbons (Fsp3) is 0.133. The van der Waals surface area contributed by atoms with E-state index in [0.29, 0.717) is 0 Å². The summed E-state index contributed by atoms with van der Waals surface area (Å²) in [5, 5.41) is 0. The van der Waals surface area contributed by atoms with Gasteiger partial charge in [-0.05, 0) is 36.1 Å². The number of rotatable bonds is 2. The molecule has 0 saturated heterocycles. The van der Waals surface area contributed by atoms with Gasteiger partial charge in [-0.15, -0.1) is 0 Å². The van der Waals surface area contributed by atoms with Gasteiger partial charge < -0.3 is 0 Å². The number of hydrogen-bond donors (Lipinski definition) is 0. The number of aldehydes is 1.